The van der Waals surface area contributed by atoms with Crippen molar-refractivity contribution in [1.82, 2.24) is 0 Å². The van der Waals surface area contributed by atoms with E-state index in [2.05, 4.69) is 10.3 Å². The average Bonchev–Trinajstić information content (AvgIpc) is 2.56. The Labute approximate surface area is 152 Å². The summed E-state index contributed by atoms with van der Waals surface area (Å²) < 4.78 is 19.0. The number of aliphatic imine (C=N–C) groups is 1. The molecule has 0 saturated carbocycles. The third-order valence-electron chi connectivity index (χ3n) is 3.39. The van der Waals surface area contributed by atoms with E-state index in [9.17, 15) is 4.39 Å². The number of halogens is 1. The van der Waals surface area contributed by atoms with E-state index in [-0.39, 0.29) is 11.9 Å². The van der Waals surface area contributed by atoms with Crippen LogP contribution < -0.4 is 15.8 Å². The molecule has 0 spiro atoms. The topological polar surface area (TPSA) is 59.6 Å². The van der Waals surface area contributed by atoms with E-state index in [1.54, 1.807) is 23.9 Å². The maximum absolute atomic E-state index is 13.4. The van der Waals surface area contributed by atoms with E-state index >= 15 is 0 Å². The molecule has 0 aliphatic rings. The molecule has 0 unspecified atom stereocenters. The van der Waals surface area contributed by atoms with Crippen molar-refractivity contribution in [2.75, 3.05) is 11.6 Å². The number of nitrogens with two attached hydrogens (primary N) is 1. The third-order valence-corrected chi connectivity index (χ3v) is 3.99. The minimum absolute atomic E-state index is 0.136. The van der Waals surface area contributed by atoms with Crippen molar-refractivity contribution < 1.29 is 9.13 Å². The molecule has 0 heterocycles. The van der Waals surface area contributed by atoms with Gasteiger partial charge in [-0.05, 0) is 67.6 Å². The number of nitrogens with zero attached hydrogens (tertiary/aromatic N) is 1. The standard InChI is InChI=1S/C19H24FN3OS/c1-13(2)24-18-8-6-17(7-9-18)23-19(21)22-11-14-4-5-16(20)10-15(14)12-25-3/h4-10,13H,11-12H2,1-3H3,(H3,21,22,23). The first-order valence-electron chi connectivity index (χ1n) is 8.08. The summed E-state index contributed by atoms with van der Waals surface area (Å²) in [5.41, 5.74) is 8.71. The molecule has 134 valence electrons. The fourth-order valence-electron chi connectivity index (χ4n) is 2.29. The highest BCUT2D eigenvalue weighted by molar-refractivity contribution is 7.97. The fraction of sp³-hybridized carbons (Fsp3) is 0.316. The molecular formula is C19H24FN3OS. The highest BCUT2D eigenvalue weighted by Gasteiger charge is 2.04. The predicted molar refractivity (Wildman–Crippen MR) is 105 cm³/mol. The molecule has 3 N–H and O–H groups in total. The number of nitrogens with one attached hydrogen (secondary N) is 1. The van der Waals surface area contributed by atoms with Crippen LogP contribution in [0.4, 0.5) is 10.1 Å². The quantitative estimate of drug-likeness (QED) is 0.567. The van der Waals surface area contributed by atoms with Crippen LogP contribution in [0.2, 0.25) is 0 Å². The molecule has 0 aromatic heterocycles. The van der Waals surface area contributed by atoms with Crippen molar-refractivity contribution in [2.45, 2.75) is 32.2 Å². The van der Waals surface area contributed by atoms with Gasteiger partial charge in [0.1, 0.15) is 11.6 Å². The van der Waals surface area contributed by atoms with Crippen molar-refractivity contribution in [3.63, 3.8) is 0 Å². The molecule has 2 rings (SSSR count). The Morgan fingerprint density at radius 1 is 1.20 bits per heavy atom. The van der Waals surface area contributed by atoms with E-state index in [1.165, 1.54) is 6.07 Å². The van der Waals surface area contributed by atoms with Gasteiger partial charge in [0.15, 0.2) is 5.96 Å². The Morgan fingerprint density at radius 3 is 2.56 bits per heavy atom. The van der Waals surface area contributed by atoms with Gasteiger partial charge in [-0.1, -0.05) is 6.07 Å². The molecule has 2 aromatic rings. The van der Waals surface area contributed by atoms with Crippen LogP contribution in [-0.2, 0) is 12.3 Å². The zero-order valence-electron chi connectivity index (χ0n) is 14.8. The van der Waals surface area contributed by atoms with Gasteiger partial charge in [0.05, 0.1) is 12.6 Å². The van der Waals surface area contributed by atoms with E-state index in [0.29, 0.717) is 12.5 Å². The van der Waals surface area contributed by atoms with Crippen LogP contribution in [0.3, 0.4) is 0 Å². The number of ether oxygens (including phenoxy) is 1. The summed E-state index contributed by atoms with van der Waals surface area (Å²) in [5.74, 6) is 1.64. The lowest BCUT2D eigenvalue weighted by molar-refractivity contribution is 0.242. The van der Waals surface area contributed by atoms with Crippen molar-refractivity contribution in [3.8, 4) is 5.75 Å². The van der Waals surface area contributed by atoms with Crippen LogP contribution in [0.5, 0.6) is 5.75 Å². The normalized spacial score (nSPS) is 11.6. The lowest BCUT2D eigenvalue weighted by atomic mass is 10.1. The lowest BCUT2D eigenvalue weighted by Crippen LogP contribution is -2.22. The largest absolute Gasteiger partial charge is 0.491 e. The van der Waals surface area contributed by atoms with Gasteiger partial charge in [0, 0.05) is 11.4 Å². The molecule has 25 heavy (non-hydrogen) atoms. The summed E-state index contributed by atoms with van der Waals surface area (Å²) in [6.07, 6.45) is 2.12. The zero-order valence-corrected chi connectivity index (χ0v) is 15.6. The second-order valence-electron chi connectivity index (χ2n) is 5.86. The van der Waals surface area contributed by atoms with Gasteiger partial charge in [-0.25, -0.2) is 9.38 Å². The monoisotopic (exact) mass is 361 g/mol. The van der Waals surface area contributed by atoms with Gasteiger partial charge in [-0.3, -0.25) is 0 Å². The van der Waals surface area contributed by atoms with Crippen LogP contribution in [0.1, 0.15) is 25.0 Å². The first-order chi connectivity index (χ1) is 12.0. The fourth-order valence-corrected chi connectivity index (χ4v) is 2.87. The highest BCUT2D eigenvalue weighted by Crippen LogP contribution is 2.18. The summed E-state index contributed by atoms with van der Waals surface area (Å²) in [6.45, 7) is 4.37. The molecule has 0 bridgehead atoms. The Bertz CT molecular complexity index is 717. The van der Waals surface area contributed by atoms with Crippen molar-refractivity contribution in [1.29, 1.82) is 0 Å². The molecule has 0 saturated heterocycles. The number of guanidine groups is 1. The second kappa shape index (κ2) is 9.32. The van der Waals surface area contributed by atoms with Gasteiger partial charge >= 0.3 is 0 Å². The van der Waals surface area contributed by atoms with Crippen molar-refractivity contribution in [3.05, 3.63) is 59.4 Å². The van der Waals surface area contributed by atoms with Crippen LogP contribution in [0.15, 0.2) is 47.5 Å². The Morgan fingerprint density at radius 2 is 1.92 bits per heavy atom. The summed E-state index contributed by atoms with van der Waals surface area (Å²) in [6, 6.07) is 12.3. The average molecular weight is 361 g/mol. The van der Waals surface area contributed by atoms with Crippen LogP contribution in [0, 0.1) is 5.82 Å². The maximum atomic E-state index is 13.4. The minimum Gasteiger partial charge on any atom is -0.491 e. The van der Waals surface area contributed by atoms with Crippen molar-refractivity contribution >= 4 is 23.4 Å². The van der Waals surface area contributed by atoms with Gasteiger partial charge < -0.3 is 15.8 Å². The maximum Gasteiger partial charge on any atom is 0.193 e. The second-order valence-corrected chi connectivity index (χ2v) is 6.73. The SMILES string of the molecule is CSCc1cc(F)ccc1CN=C(N)Nc1ccc(OC(C)C)cc1. The van der Waals surface area contributed by atoms with Gasteiger partial charge in [0.25, 0.3) is 0 Å². The van der Waals surface area contributed by atoms with E-state index in [1.807, 2.05) is 44.4 Å². The van der Waals surface area contributed by atoms with Gasteiger partial charge in [0.2, 0.25) is 0 Å². The summed E-state index contributed by atoms with van der Waals surface area (Å²) in [5, 5.41) is 3.05. The number of anilines is 1. The molecule has 0 aliphatic carbocycles. The molecular weight excluding hydrogens is 337 g/mol. The van der Waals surface area contributed by atoms with Gasteiger partial charge in [-0.15, -0.1) is 0 Å². The van der Waals surface area contributed by atoms with Crippen molar-refractivity contribution in [2.24, 2.45) is 10.7 Å². The predicted octanol–water partition coefficient (Wildman–Crippen LogP) is 4.40. The van der Waals surface area contributed by atoms with Crippen LogP contribution in [0.25, 0.3) is 0 Å². The number of hydrogen-bond acceptors (Lipinski definition) is 3. The first-order valence-corrected chi connectivity index (χ1v) is 9.47. The molecule has 6 heteroatoms. The first kappa shape index (κ1) is 19.1. The Kier molecular flexibility index (Phi) is 7.13. The number of hydrogen-bond donors (Lipinski definition) is 2. The summed E-state index contributed by atoms with van der Waals surface area (Å²) >= 11 is 1.65. The molecule has 0 atom stereocenters. The van der Waals surface area contributed by atoms with Gasteiger partial charge in [-0.2, -0.15) is 11.8 Å². The van der Waals surface area contributed by atoms with Crippen LogP contribution >= 0.6 is 11.8 Å². The van der Waals surface area contributed by atoms with Crippen LogP contribution in [-0.4, -0.2) is 18.3 Å². The Balaban J connectivity index is 2.00. The molecule has 0 aliphatic heterocycles. The molecule has 2 aromatic carbocycles. The Hall–Kier alpha value is -2.21. The molecule has 4 nitrogen and oxygen atoms in total. The van der Waals surface area contributed by atoms with E-state index in [0.717, 1.165) is 28.3 Å². The number of rotatable bonds is 7. The summed E-state index contributed by atoms with van der Waals surface area (Å²) in [4.78, 5) is 4.35. The lowest BCUT2D eigenvalue weighted by Gasteiger charge is -2.11. The third kappa shape index (κ3) is 6.31. The molecule has 0 radical (unpaired) electrons. The molecule has 0 fully saturated rings. The minimum atomic E-state index is -0.230. The number of thioether (sulfide) groups is 1. The summed E-state index contributed by atoms with van der Waals surface area (Å²) in [7, 11) is 0. The highest BCUT2D eigenvalue weighted by atomic mass is 32.2. The zero-order chi connectivity index (χ0) is 18.2. The molecule has 0 amide bonds. The van der Waals surface area contributed by atoms with E-state index in [4.69, 9.17) is 10.5 Å². The smallest absolute Gasteiger partial charge is 0.193 e. The number of benzene rings is 2. The van der Waals surface area contributed by atoms with E-state index < -0.39 is 0 Å².